The Kier molecular flexibility index (Phi) is 6.62. The number of nitrogens with one attached hydrogen (secondary N) is 1. The van der Waals surface area contributed by atoms with Crippen molar-refractivity contribution in [1.82, 2.24) is 15.3 Å². The van der Waals surface area contributed by atoms with E-state index in [-0.39, 0.29) is 11.9 Å². The number of thioether (sulfide) groups is 1. The number of hydrogen-bond acceptors (Lipinski definition) is 6. The van der Waals surface area contributed by atoms with E-state index >= 15 is 0 Å². The standard InChI is InChI=1S/C25H30N4O2S/c30-24(28-18-11-15-29(16-12-18)25-26-13-6-14-27-25)23-21(17-32-19-7-2-1-3-8-19)20-9-4-5-10-22(20)31-23/h4-6,9-10,13-14,18-19H,1-3,7-8,11-12,15-17H2,(H,28,30). The van der Waals surface area contributed by atoms with Crippen LogP contribution in [0.5, 0.6) is 0 Å². The number of benzene rings is 1. The van der Waals surface area contributed by atoms with Crippen molar-refractivity contribution in [2.75, 3.05) is 18.0 Å². The summed E-state index contributed by atoms with van der Waals surface area (Å²) in [5.41, 5.74) is 1.84. The minimum absolute atomic E-state index is 0.0881. The molecular weight excluding hydrogens is 420 g/mol. The van der Waals surface area contributed by atoms with Gasteiger partial charge in [-0.05, 0) is 37.8 Å². The lowest BCUT2D eigenvalue weighted by Gasteiger charge is -2.32. The van der Waals surface area contributed by atoms with Crippen LogP contribution < -0.4 is 10.2 Å². The normalized spacial score (nSPS) is 18.2. The summed E-state index contributed by atoms with van der Waals surface area (Å²) in [5.74, 6) is 1.99. The number of rotatable bonds is 6. The molecule has 2 fully saturated rings. The highest BCUT2D eigenvalue weighted by atomic mass is 32.2. The number of piperidine rings is 1. The Labute approximate surface area is 193 Å². The molecule has 0 spiro atoms. The van der Waals surface area contributed by atoms with Crippen LogP contribution >= 0.6 is 11.8 Å². The highest BCUT2D eigenvalue weighted by Crippen LogP contribution is 2.35. The minimum Gasteiger partial charge on any atom is -0.451 e. The molecule has 1 aromatic carbocycles. The van der Waals surface area contributed by atoms with Gasteiger partial charge in [-0.1, -0.05) is 37.5 Å². The predicted octanol–water partition coefficient (Wildman–Crippen LogP) is 5.19. The first-order chi connectivity index (χ1) is 15.8. The van der Waals surface area contributed by atoms with Crippen LogP contribution in [0.15, 0.2) is 47.1 Å². The zero-order valence-electron chi connectivity index (χ0n) is 18.3. The van der Waals surface area contributed by atoms with E-state index in [1.807, 2.05) is 36.0 Å². The van der Waals surface area contributed by atoms with Crippen LogP contribution in [0.2, 0.25) is 0 Å². The number of para-hydroxylation sites is 1. The average Bonchev–Trinajstić information content (AvgIpc) is 3.23. The number of carbonyl (C=O) groups is 1. The second-order valence-electron chi connectivity index (χ2n) is 8.76. The Bertz CT molecular complexity index is 1040. The summed E-state index contributed by atoms with van der Waals surface area (Å²) in [6.45, 7) is 1.67. The first-order valence-corrected chi connectivity index (χ1v) is 12.8. The maximum absolute atomic E-state index is 13.3. The molecule has 7 heteroatoms. The third kappa shape index (κ3) is 4.77. The lowest BCUT2D eigenvalue weighted by atomic mass is 10.0. The summed E-state index contributed by atoms with van der Waals surface area (Å²) in [6.07, 6.45) is 11.8. The van der Waals surface area contributed by atoms with Crippen molar-refractivity contribution < 1.29 is 9.21 Å². The van der Waals surface area contributed by atoms with Crippen LogP contribution in [0.3, 0.4) is 0 Å². The molecule has 168 valence electrons. The Morgan fingerprint density at radius 1 is 1.03 bits per heavy atom. The van der Waals surface area contributed by atoms with Gasteiger partial charge in [0, 0.05) is 53.5 Å². The lowest BCUT2D eigenvalue weighted by molar-refractivity contribution is 0.0904. The summed E-state index contributed by atoms with van der Waals surface area (Å²) in [6, 6.07) is 9.98. The van der Waals surface area contributed by atoms with Crippen LogP contribution in [0.1, 0.15) is 61.1 Å². The molecule has 0 unspecified atom stereocenters. The van der Waals surface area contributed by atoms with Crippen molar-refractivity contribution in [2.45, 2.75) is 62.0 Å². The summed E-state index contributed by atoms with van der Waals surface area (Å²) in [4.78, 5) is 24.1. The number of furan rings is 1. The number of fused-ring (bicyclic) bond motifs is 1. The van der Waals surface area contributed by atoms with E-state index in [4.69, 9.17) is 4.42 Å². The first kappa shape index (κ1) is 21.3. The van der Waals surface area contributed by atoms with Crippen molar-refractivity contribution in [3.05, 3.63) is 54.0 Å². The fourth-order valence-corrected chi connectivity index (χ4v) is 6.14. The molecule has 3 heterocycles. The number of carbonyl (C=O) groups excluding carboxylic acids is 1. The van der Waals surface area contributed by atoms with Crippen LogP contribution in [0.4, 0.5) is 5.95 Å². The van der Waals surface area contributed by atoms with E-state index in [9.17, 15) is 4.79 Å². The van der Waals surface area contributed by atoms with Crippen LogP contribution in [-0.4, -0.2) is 40.3 Å². The molecule has 1 aliphatic heterocycles. The molecule has 32 heavy (non-hydrogen) atoms. The Morgan fingerprint density at radius 2 is 1.78 bits per heavy atom. The Balaban J connectivity index is 1.26. The third-order valence-electron chi connectivity index (χ3n) is 6.59. The van der Waals surface area contributed by atoms with E-state index in [1.54, 1.807) is 12.4 Å². The summed E-state index contributed by atoms with van der Waals surface area (Å²) in [5, 5.41) is 5.00. The maximum Gasteiger partial charge on any atom is 0.287 e. The molecule has 2 aromatic heterocycles. The van der Waals surface area contributed by atoms with E-state index in [0.29, 0.717) is 11.0 Å². The molecule has 3 aromatic rings. The average molecular weight is 451 g/mol. The maximum atomic E-state index is 13.3. The number of aromatic nitrogens is 2. The molecule has 5 rings (SSSR count). The Morgan fingerprint density at radius 3 is 2.56 bits per heavy atom. The summed E-state index contributed by atoms with van der Waals surface area (Å²) < 4.78 is 6.08. The monoisotopic (exact) mass is 450 g/mol. The largest absolute Gasteiger partial charge is 0.451 e. The fourth-order valence-electron chi connectivity index (χ4n) is 4.79. The SMILES string of the molecule is O=C(NC1CCN(c2ncccn2)CC1)c1oc2ccccc2c1CSC1CCCCC1. The van der Waals surface area contributed by atoms with Gasteiger partial charge in [-0.25, -0.2) is 9.97 Å². The van der Waals surface area contributed by atoms with Crippen molar-refractivity contribution in [2.24, 2.45) is 0 Å². The second-order valence-corrected chi connectivity index (χ2v) is 10.0. The Hall–Kier alpha value is -2.54. The number of nitrogens with zero attached hydrogens (tertiary/aromatic N) is 3. The number of hydrogen-bond donors (Lipinski definition) is 1. The minimum atomic E-state index is -0.0881. The van der Waals surface area contributed by atoms with Crippen molar-refractivity contribution in [1.29, 1.82) is 0 Å². The van der Waals surface area contributed by atoms with E-state index in [1.165, 1.54) is 32.1 Å². The summed E-state index contributed by atoms with van der Waals surface area (Å²) in [7, 11) is 0. The molecule has 1 saturated carbocycles. The van der Waals surface area contributed by atoms with Gasteiger partial charge in [-0.15, -0.1) is 0 Å². The van der Waals surface area contributed by atoms with E-state index < -0.39 is 0 Å². The topological polar surface area (TPSA) is 71.3 Å². The molecule has 6 nitrogen and oxygen atoms in total. The molecule has 1 aliphatic carbocycles. The van der Waals surface area contributed by atoms with E-state index in [0.717, 1.165) is 54.2 Å². The molecule has 1 N–H and O–H groups in total. The number of amides is 1. The van der Waals surface area contributed by atoms with Gasteiger partial charge in [-0.2, -0.15) is 11.8 Å². The molecule has 0 bridgehead atoms. The van der Waals surface area contributed by atoms with Crippen molar-refractivity contribution in [3.8, 4) is 0 Å². The molecule has 2 aliphatic rings. The third-order valence-corrected chi connectivity index (χ3v) is 7.98. The van der Waals surface area contributed by atoms with Gasteiger partial charge in [0.1, 0.15) is 5.58 Å². The molecular formula is C25H30N4O2S. The molecule has 1 amide bonds. The van der Waals surface area contributed by atoms with Gasteiger partial charge in [-0.3, -0.25) is 4.79 Å². The number of anilines is 1. The van der Waals surface area contributed by atoms with Gasteiger partial charge >= 0.3 is 0 Å². The molecule has 0 radical (unpaired) electrons. The lowest BCUT2D eigenvalue weighted by Crippen LogP contribution is -2.45. The van der Waals surface area contributed by atoms with Crippen LogP contribution in [0, 0.1) is 0 Å². The van der Waals surface area contributed by atoms with Gasteiger partial charge in [0.2, 0.25) is 5.95 Å². The van der Waals surface area contributed by atoms with Gasteiger partial charge in [0.05, 0.1) is 0 Å². The smallest absolute Gasteiger partial charge is 0.287 e. The van der Waals surface area contributed by atoms with Crippen LogP contribution in [0.25, 0.3) is 11.0 Å². The first-order valence-electron chi connectivity index (χ1n) is 11.7. The molecule has 1 saturated heterocycles. The van der Waals surface area contributed by atoms with E-state index in [2.05, 4.69) is 26.3 Å². The van der Waals surface area contributed by atoms with Crippen molar-refractivity contribution >= 4 is 34.6 Å². The zero-order valence-corrected chi connectivity index (χ0v) is 19.2. The van der Waals surface area contributed by atoms with Gasteiger partial charge in [0.25, 0.3) is 5.91 Å². The highest BCUT2D eigenvalue weighted by Gasteiger charge is 2.27. The van der Waals surface area contributed by atoms with Gasteiger partial charge < -0.3 is 14.6 Å². The highest BCUT2D eigenvalue weighted by molar-refractivity contribution is 7.99. The zero-order chi connectivity index (χ0) is 21.8. The van der Waals surface area contributed by atoms with Crippen LogP contribution in [-0.2, 0) is 5.75 Å². The fraction of sp³-hybridized carbons (Fsp3) is 0.480. The quantitative estimate of drug-likeness (QED) is 0.557. The van der Waals surface area contributed by atoms with Gasteiger partial charge in [0.15, 0.2) is 5.76 Å². The summed E-state index contributed by atoms with van der Waals surface area (Å²) >= 11 is 1.98. The predicted molar refractivity (Wildman–Crippen MR) is 129 cm³/mol. The molecule has 0 atom stereocenters. The van der Waals surface area contributed by atoms with Crippen molar-refractivity contribution in [3.63, 3.8) is 0 Å². The second kappa shape index (κ2) is 9.94.